The Morgan fingerprint density at radius 3 is 2.59 bits per heavy atom. The minimum absolute atomic E-state index is 0.287. The second-order valence-electron chi connectivity index (χ2n) is 7.72. The number of aryl methyl sites for hydroxylation is 1. The summed E-state index contributed by atoms with van der Waals surface area (Å²) in [5.74, 6) is -0.716. The predicted octanol–water partition coefficient (Wildman–Crippen LogP) is 1.76. The van der Waals surface area contributed by atoms with Crippen molar-refractivity contribution in [3.05, 3.63) is 65.2 Å². The first-order chi connectivity index (χ1) is 13.9. The van der Waals surface area contributed by atoms with Gasteiger partial charge in [0, 0.05) is 26.3 Å². The first kappa shape index (κ1) is 19.0. The number of amides is 4. The van der Waals surface area contributed by atoms with Gasteiger partial charge in [-0.2, -0.15) is 0 Å². The Kier molecular flexibility index (Phi) is 4.74. The Morgan fingerprint density at radius 2 is 1.86 bits per heavy atom. The standard InChI is InChI=1S/C22H24N4O3/c1-25(2)17-9-7-15(8-10-17)13-23-19(27)14-26-20(28)22(24-21(26)29)12-11-16-5-3-4-6-18(16)22/h3-10H,11-14H2,1-2H3,(H,23,27)(H,24,29)/t22-/m1/s1. The molecule has 1 aliphatic heterocycles. The highest BCUT2D eigenvalue weighted by Crippen LogP contribution is 2.41. The van der Waals surface area contributed by atoms with Crippen molar-refractivity contribution in [2.75, 3.05) is 25.5 Å². The molecule has 0 aromatic heterocycles. The summed E-state index contributed by atoms with van der Waals surface area (Å²) in [6.07, 6.45) is 1.25. The van der Waals surface area contributed by atoms with Crippen LogP contribution in [0.4, 0.5) is 10.5 Å². The third-order valence-corrected chi connectivity index (χ3v) is 5.67. The SMILES string of the molecule is CN(C)c1ccc(CNC(=O)CN2C(=O)N[C@@]3(CCc4ccccc43)C2=O)cc1. The number of benzene rings is 2. The molecule has 0 radical (unpaired) electrons. The van der Waals surface area contributed by atoms with Gasteiger partial charge in [-0.05, 0) is 41.7 Å². The van der Waals surface area contributed by atoms with E-state index >= 15 is 0 Å². The van der Waals surface area contributed by atoms with Crippen LogP contribution in [-0.2, 0) is 28.1 Å². The number of carbonyl (C=O) groups is 3. The zero-order valence-electron chi connectivity index (χ0n) is 16.6. The largest absolute Gasteiger partial charge is 0.378 e. The maximum atomic E-state index is 13.1. The van der Waals surface area contributed by atoms with Gasteiger partial charge in [0.25, 0.3) is 5.91 Å². The van der Waals surface area contributed by atoms with Crippen molar-refractivity contribution < 1.29 is 14.4 Å². The van der Waals surface area contributed by atoms with E-state index in [1.165, 1.54) is 0 Å². The van der Waals surface area contributed by atoms with Gasteiger partial charge in [-0.1, -0.05) is 36.4 Å². The molecule has 2 aromatic rings. The van der Waals surface area contributed by atoms with Crippen LogP contribution in [0.25, 0.3) is 0 Å². The number of anilines is 1. The third kappa shape index (κ3) is 3.33. The molecule has 1 aliphatic carbocycles. The molecule has 2 N–H and O–H groups in total. The average Bonchev–Trinajstić information content (AvgIpc) is 3.20. The predicted molar refractivity (Wildman–Crippen MR) is 109 cm³/mol. The van der Waals surface area contributed by atoms with Crippen molar-refractivity contribution in [1.82, 2.24) is 15.5 Å². The molecular weight excluding hydrogens is 368 g/mol. The minimum Gasteiger partial charge on any atom is -0.378 e. The zero-order valence-corrected chi connectivity index (χ0v) is 16.6. The minimum atomic E-state index is -1.03. The van der Waals surface area contributed by atoms with Gasteiger partial charge in [-0.15, -0.1) is 0 Å². The summed E-state index contributed by atoms with van der Waals surface area (Å²) in [4.78, 5) is 41.0. The highest BCUT2D eigenvalue weighted by molar-refractivity contribution is 6.09. The fourth-order valence-electron chi connectivity index (χ4n) is 4.05. The van der Waals surface area contributed by atoms with E-state index in [1.807, 2.05) is 67.5 Å². The second kappa shape index (κ2) is 7.24. The highest BCUT2D eigenvalue weighted by atomic mass is 16.2. The van der Waals surface area contributed by atoms with Crippen LogP contribution in [0.3, 0.4) is 0 Å². The van der Waals surface area contributed by atoms with Crippen LogP contribution in [0.1, 0.15) is 23.1 Å². The molecule has 0 unspecified atom stereocenters. The molecule has 1 fully saturated rings. The second-order valence-corrected chi connectivity index (χ2v) is 7.72. The number of nitrogens with one attached hydrogen (secondary N) is 2. The summed E-state index contributed by atoms with van der Waals surface area (Å²) in [5, 5.41) is 5.62. The number of rotatable bonds is 5. The smallest absolute Gasteiger partial charge is 0.325 e. The summed E-state index contributed by atoms with van der Waals surface area (Å²) in [6, 6.07) is 14.9. The summed E-state index contributed by atoms with van der Waals surface area (Å²) >= 11 is 0. The summed E-state index contributed by atoms with van der Waals surface area (Å²) in [5.41, 5.74) is 2.88. The third-order valence-electron chi connectivity index (χ3n) is 5.67. The molecule has 1 heterocycles. The lowest BCUT2D eigenvalue weighted by Gasteiger charge is -2.22. The number of imide groups is 1. The van der Waals surface area contributed by atoms with Crippen molar-refractivity contribution in [1.29, 1.82) is 0 Å². The normalized spacial score (nSPS) is 20.0. The topological polar surface area (TPSA) is 81.8 Å². The van der Waals surface area contributed by atoms with Crippen molar-refractivity contribution in [3.63, 3.8) is 0 Å². The molecule has 0 bridgehead atoms. The van der Waals surface area contributed by atoms with E-state index in [9.17, 15) is 14.4 Å². The van der Waals surface area contributed by atoms with Gasteiger partial charge < -0.3 is 15.5 Å². The summed E-state index contributed by atoms with van der Waals surface area (Å²) in [6.45, 7) is 0.0501. The molecule has 29 heavy (non-hydrogen) atoms. The summed E-state index contributed by atoms with van der Waals surface area (Å²) in [7, 11) is 3.93. The Bertz CT molecular complexity index is 970. The molecule has 2 aromatic carbocycles. The van der Waals surface area contributed by atoms with Crippen LogP contribution in [0.5, 0.6) is 0 Å². The molecule has 1 saturated heterocycles. The molecule has 2 aliphatic rings. The van der Waals surface area contributed by atoms with Crippen LogP contribution in [0.2, 0.25) is 0 Å². The molecular formula is C22H24N4O3. The molecule has 7 heteroatoms. The van der Waals surface area contributed by atoms with E-state index < -0.39 is 11.6 Å². The number of carbonyl (C=O) groups excluding carboxylic acids is 3. The maximum absolute atomic E-state index is 13.1. The fraction of sp³-hybridized carbons (Fsp3) is 0.318. The number of fused-ring (bicyclic) bond motifs is 2. The van der Waals surface area contributed by atoms with Crippen molar-refractivity contribution in [2.24, 2.45) is 0 Å². The molecule has 150 valence electrons. The zero-order chi connectivity index (χ0) is 20.6. The number of hydrogen-bond acceptors (Lipinski definition) is 4. The lowest BCUT2D eigenvalue weighted by Crippen LogP contribution is -2.43. The van der Waals surface area contributed by atoms with E-state index in [-0.39, 0.29) is 18.4 Å². The number of hydrogen-bond donors (Lipinski definition) is 2. The highest BCUT2D eigenvalue weighted by Gasteiger charge is 2.55. The number of urea groups is 1. The van der Waals surface area contributed by atoms with Crippen LogP contribution in [0, 0.1) is 0 Å². The van der Waals surface area contributed by atoms with Crippen LogP contribution in [0.15, 0.2) is 48.5 Å². The van der Waals surface area contributed by atoms with E-state index in [0.717, 1.165) is 33.7 Å². The Hall–Kier alpha value is -3.35. The molecule has 0 saturated carbocycles. The van der Waals surface area contributed by atoms with Gasteiger partial charge in [0.15, 0.2) is 0 Å². The molecule has 1 spiro atoms. The van der Waals surface area contributed by atoms with Gasteiger partial charge >= 0.3 is 6.03 Å². The quantitative estimate of drug-likeness (QED) is 0.760. The van der Waals surface area contributed by atoms with Gasteiger partial charge in [0.05, 0.1) is 0 Å². The fourth-order valence-corrected chi connectivity index (χ4v) is 4.05. The van der Waals surface area contributed by atoms with E-state index in [0.29, 0.717) is 13.0 Å². The van der Waals surface area contributed by atoms with Crippen molar-refractivity contribution in [3.8, 4) is 0 Å². The van der Waals surface area contributed by atoms with Crippen molar-refractivity contribution in [2.45, 2.75) is 24.9 Å². The van der Waals surface area contributed by atoms with Crippen LogP contribution < -0.4 is 15.5 Å². The Labute approximate surface area is 169 Å². The first-order valence-corrected chi connectivity index (χ1v) is 9.66. The van der Waals surface area contributed by atoms with E-state index in [4.69, 9.17) is 0 Å². The first-order valence-electron chi connectivity index (χ1n) is 9.66. The monoisotopic (exact) mass is 392 g/mol. The summed E-state index contributed by atoms with van der Waals surface area (Å²) < 4.78 is 0. The van der Waals surface area contributed by atoms with Gasteiger partial charge in [-0.3, -0.25) is 14.5 Å². The molecule has 7 nitrogen and oxygen atoms in total. The lowest BCUT2D eigenvalue weighted by atomic mass is 9.92. The van der Waals surface area contributed by atoms with E-state index in [1.54, 1.807) is 0 Å². The van der Waals surface area contributed by atoms with E-state index in [2.05, 4.69) is 10.6 Å². The molecule has 4 amide bonds. The van der Waals surface area contributed by atoms with Crippen LogP contribution >= 0.6 is 0 Å². The maximum Gasteiger partial charge on any atom is 0.325 e. The lowest BCUT2D eigenvalue weighted by molar-refractivity contribution is -0.135. The van der Waals surface area contributed by atoms with Crippen LogP contribution in [-0.4, -0.2) is 43.4 Å². The van der Waals surface area contributed by atoms with Gasteiger partial charge in [0.1, 0.15) is 12.1 Å². The van der Waals surface area contributed by atoms with Gasteiger partial charge in [0.2, 0.25) is 5.91 Å². The average molecular weight is 392 g/mol. The van der Waals surface area contributed by atoms with Crippen molar-refractivity contribution >= 4 is 23.5 Å². The van der Waals surface area contributed by atoms with Gasteiger partial charge in [-0.25, -0.2) is 4.79 Å². The Balaban J connectivity index is 1.40. The molecule has 1 atom stereocenters. The molecule has 4 rings (SSSR count). The number of nitrogens with zero attached hydrogens (tertiary/aromatic N) is 2. The Morgan fingerprint density at radius 1 is 1.14 bits per heavy atom.